The summed E-state index contributed by atoms with van der Waals surface area (Å²) in [5.74, 6) is -0.0346. The number of rotatable bonds is 7. The molecule has 0 aliphatic rings. The molecule has 2 aromatic rings. The molecule has 0 bridgehead atoms. The molecule has 0 aromatic heterocycles. The normalized spacial score (nSPS) is 10.1. The Morgan fingerprint density at radius 3 is 2.38 bits per heavy atom. The van der Waals surface area contributed by atoms with Gasteiger partial charge in [0.15, 0.2) is 0 Å². The zero-order chi connectivity index (χ0) is 17.4. The zero-order valence-corrected chi connectivity index (χ0v) is 14.1. The van der Waals surface area contributed by atoms with E-state index in [4.69, 9.17) is 0 Å². The number of nitrogens with one attached hydrogen (secondary N) is 2. The van der Waals surface area contributed by atoms with Crippen LogP contribution < -0.4 is 10.6 Å². The lowest BCUT2D eigenvalue weighted by Gasteiger charge is -2.12. The van der Waals surface area contributed by atoms with Crippen molar-refractivity contribution in [3.8, 4) is 0 Å². The summed E-state index contributed by atoms with van der Waals surface area (Å²) in [6, 6.07) is 17.3. The van der Waals surface area contributed by atoms with E-state index >= 15 is 0 Å². The maximum atomic E-state index is 12.1. The fraction of sp³-hybridized carbons (Fsp3) is 0.263. The lowest BCUT2D eigenvalue weighted by Crippen LogP contribution is -2.28. The van der Waals surface area contributed by atoms with E-state index in [0.717, 1.165) is 16.9 Å². The lowest BCUT2D eigenvalue weighted by molar-refractivity contribution is -0.126. The summed E-state index contributed by atoms with van der Waals surface area (Å²) in [6.07, 6.45) is 1.14. The van der Waals surface area contributed by atoms with E-state index in [1.54, 1.807) is 14.1 Å². The second kappa shape index (κ2) is 8.72. The Hall–Kier alpha value is -2.82. The number of hydrogen-bond acceptors (Lipinski definition) is 3. The molecule has 0 aliphatic carbocycles. The first-order valence-electron chi connectivity index (χ1n) is 7.92. The molecule has 0 atom stereocenters. The number of carbonyl (C=O) groups is 2. The highest BCUT2D eigenvalue weighted by Crippen LogP contribution is 2.15. The van der Waals surface area contributed by atoms with Crippen molar-refractivity contribution in [3.63, 3.8) is 0 Å². The fourth-order valence-electron chi connectivity index (χ4n) is 2.17. The molecule has 0 unspecified atom stereocenters. The number of likely N-dealkylation sites (N-methyl/N-ethyl adjacent to an activating group) is 1. The van der Waals surface area contributed by atoms with Gasteiger partial charge in [0.05, 0.1) is 6.54 Å². The lowest BCUT2D eigenvalue weighted by atomic mass is 10.1. The predicted octanol–water partition coefficient (Wildman–Crippen LogP) is 2.76. The van der Waals surface area contributed by atoms with Crippen molar-refractivity contribution in [2.45, 2.75) is 12.8 Å². The summed E-state index contributed by atoms with van der Waals surface area (Å²) in [5.41, 5.74) is 2.66. The second-order valence-electron chi connectivity index (χ2n) is 5.76. The number of aryl methyl sites for hydroxylation is 1. The van der Waals surface area contributed by atoms with Crippen LogP contribution in [0.5, 0.6) is 0 Å². The van der Waals surface area contributed by atoms with E-state index in [1.807, 2.05) is 54.6 Å². The number of hydrogen-bond donors (Lipinski definition) is 2. The van der Waals surface area contributed by atoms with E-state index in [-0.39, 0.29) is 18.4 Å². The van der Waals surface area contributed by atoms with Gasteiger partial charge in [0.1, 0.15) is 0 Å². The summed E-state index contributed by atoms with van der Waals surface area (Å²) in [7, 11) is 3.43. The van der Waals surface area contributed by atoms with Gasteiger partial charge >= 0.3 is 0 Å². The monoisotopic (exact) mass is 325 g/mol. The van der Waals surface area contributed by atoms with Crippen molar-refractivity contribution >= 4 is 23.2 Å². The third-order valence-electron chi connectivity index (χ3n) is 3.57. The molecule has 126 valence electrons. The van der Waals surface area contributed by atoms with Crippen molar-refractivity contribution in [3.05, 3.63) is 60.2 Å². The molecule has 0 spiro atoms. The first kappa shape index (κ1) is 17.5. The van der Waals surface area contributed by atoms with Gasteiger partial charge in [0.2, 0.25) is 11.8 Å². The van der Waals surface area contributed by atoms with E-state index < -0.39 is 0 Å². The predicted molar refractivity (Wildman–Crippen MR) is 97.0 cm³/mol. The molecule has 2 aromatic carbocycles. The Labute approximate surface area is 142 Å². The summed E-state index contributed by atoms with van der Waals surface area (Å²) in [4.78, 5) is 25.2. The highest BCUT2D eigenvalue weighted by molar-refractivity contribution is 5.91. The molecule has 24 heavy (non-hydrogen) atoms. The number of amides is 2. The van der Waals surface area contributed by atoms with Gasteiger partial charge in [-0.1, -0.05) is 36.4 Å². The van der Waals surface area contributed by atoms with Crippen LogP contribution in [0.4, 0.5) is 11.4 Å². The molecule has 5 nitrogen and oxygen atoms in total. The molecule has 2 N–H and O–H groups in total. The Morgan fingerprint density at radius 1 is 0.958 bits per heavy atom. The van der Waals surface area contributed by atoms with Crippen molar-refractivity contribution in [2.75, 3.05) is 31.3 Å². The van der Waals surface area contributed by atoms with Crippen LogP contribution >= 0.6 is 0 Å². The highest BCUT2D eigenvalue weighted by atomic mass is 16.2. The van der Waals surface area contributed by atoms with Crippen LogP contribution in [-0.4, -0.2) is 37.4 Å². The first-order valence-corrected chi connectivity index (χ1v) is 7.92. The summed E-state index contributed by atoms with van der Waals surface area (Å²) in [6.45, 7) is 0.221. The minimum Gasteiger partial charge on any atom is -0.376 e. The van der Waals surface area contributed by atoms with Gasteiger partial charge in [-0.05, 0) is 30.2 Å². The van der Waals surface area contributed by atoms with Crippen LogP contribution in [0.2, 0.25) is 0 Å². The average molecular weight is 325 g/mol. The zero-order valence-electron chi connectivity index (χ0n) is 14.1. The second-order valence-corrected chi connectivity index (χ2v) is 5.76. The van der Waals surface area contributed by atoms with Crippen molar-refractivity contribution in [2.24, 2.45) is 0 Å². The number of anilines is 2. The quantitative estimate of drug-likeness (QED) is 0.823. The van der Waals surface area contributed by atoms with Gasteiger partial charge in [-0.3, -0.25) is 9.59 Å². The number of benzene rings is 2. The number of nitrogens with zero attached hydrogens (tertiary/aromatic N) is 1. The SMILES string of the molecule is CN(C)C(=O)CNc1cccc(NC(=O)CCc2ccccc2)c1. The molecule has 0 heterocycles. The molecular formula is C19H23N3O2. The molecule has 0 saturated heterocycles. The summed E-state index contributed by atoms with van der Waals surface area (Å²) in [5, 5.41) is 5.94. The summed E-state index contributed by atoms with van der Waals surface area (Å²) < 4.78 is 0. The Bertz CT molecular complexity index is 684. The highest BCUT2D eigenvalue weighted by Gasteiger charge is 2.06. The van der Waals surface area contributed by atoms with Crippen LogP contribution in [0.25, 0.3) is 0 Å². The Balaban J connectivity index is 1.84. The maximum Gasteiger partial charge on any atom is 0.241 e. The third kappa shape index (κ3) is 5.76. The smallest absolute Gasteiger partial charge is 0.241 e. The first-order chi connectivity index (χ1) is 11.5. The number of carbonyl (C=O) groups excluding carboxylic acids is 2. The minimum atomic E-state index is -0.0274. The van der Waals surface area contributed by atoms with Gasteiger partial charge in [0, 0.05) is 31.9 Å². The molecule has 2 rings (SSSR count). The fourth-order valence-corrected chi connectivity index (χ4v) is 2.17. The van der Waals surface area contributed by atoms with Gasteiger partial charge in [-0.25, -0.2) is 0 Å². The Morgan fingerprint density at radius 2 is 1.67 bits per heavy atom. The van der Waals surface area contributed by atoms with Crippen molar-refractivity contribution in [1.82, 2.24) is 4.90 Å². The maximum absolute atomic E-state index is 12.1. The largest absolute Gasteiger partial charge is 0.376 e. The van der Waals surface area contributed by atoms with Gasteiger partial charge in [0.25, 0.3) is 0 Å². The Kier molecular flexibility index (Phi) is 6.37. The van der Waals surface area contributed by atoms with E-state index in [1.165, 1.54) is 4.90 Å². The average Bonchev–Trinajstić information content (AvgIpc) is 2.59. The van der Waals surface area contributed by atoms with Crippen molar-refractivity contribution < 1.29 is 9.59 Å². The standard InChI is InChI=1S/C19H23N3O2/c1-22(2)19(24)14-20-16-9-6-10-17(13-16)21-18(23)12-11-15-7-4-3-5-8-15/h3-10,13,20H,11-12,14H2,1-2H3,(H,21,23). The van der Waals surface area contributed by atoms with Crippen LogP contribution in [0.15, 0.2) is 54.6 Å². The molecule has 2 amide bonds. The van der Waals surface area contributed by atoms with Gasteiger partial charge < -0.3 is 15.5 Å². The van der Waals surface area contributed by atoms with Crippen LogP contribution in [0, 0.1) is 0 Å². The minimum absolute atomic E-state index is 0.00713. The molecular weight excluding hydrogens is 302 g/mol. The van der Waals surface area contributed by atoms with Crippen LogP contribution in [0.1, 0.15) is 12.0 Å². The van der Waals surface area contributed by atoms with Crippen LogP contribution in [0.3, 0.4) is 0 Å². The molecule has 0 radical (unpaired) electrons. The third-order valence-corrected chi connectivity index (χ3v) is 3.57. The van der Waals surface area contributed by atoms with Gasteiger partial charge in [-0.15, -0.1) is 0 Å². The van der Waals surface area contributed by atoms with Crippen LogP contribution in [-0.2, 0) is 16.0 Å². The molecule has 5 heteroatoms. The molecule has 0 saturated carbocycles. The summed E-state index contributed by atoms with van der Waals surface area (Å²) >= 11 is 0. The van der Waals surface area contributed by atoms with Crippen molar-refractivity contribution in [1.29, 1.82) is 0 Å². The molecule has 0 aliphatic heterocycles. The topological polar surface area (TPSA) is 61.4 Å². The van der Waals surface area contributed by atoms with E-state index in [9.17, 15) is 9.59 Å². The molecule has 0 fully saturated rings. The van der Waals surface area contributed by atoms with Gasteiger partial charge in [-0.2, -0.15) is 0 Å². The van der Waals surface area contributed by atoms with E-state index in [2.05, 4.69) is 10.6 Å². The van der Waals surface area contributed by atoms with E-state index in [0.29, 0.717) is 12.8 Å².